The first-order chi connectivity index (χ1) is 12.0. The average molecular weight is 394 g/mol. The van der Waals surface area contributed by atoms with Crippen molar-refractivity contribution in [2.45, 2.75) is 0 Å². The van der Waals surface area contributed by atoms with Gasteiger partial charge in [0.25, 0.3) is 5.91 Å². The largest absolute Gasteiger partial charge is 0.324 e. The Balaban J connectivity index is 1.74. The van der Waals surface area contributed by atoms with Crippen molar-refractivity contribution < 1.29 is 4.79 Å². The molecule has 0 fully saturated rings. The summed E-state index contributed by atoms with van der Waals surface area (Å²) in [5.74, 6) is -0.0935. The van der Waals surface area contributed by atoms with Gasteiger partial charge in [-0.2, -0.15) is 0 Å². The molecule has 0 saturated carbocycles. The third-order valence-corrected chi connectivity index (χ3v) is 4.16. The summed E-state index contributed by atoms with van der Waals surface area (Å²) in [6.45, 7) is 0. The summed E-state index contributed by atoms with van der Waals surface area (Å²) in [6.07, 6.45) is 1.50. The highest BCUT2D eigenvalue weighted by Crippen LogP contribution is 2.25. The van der Waals surface area contributed by atoms with E-state index in [0.717, 1.165) is 5.69 Å². The summed E-state index contributed by atoms with van der Waals surface area (Å²) in [5, 5.41) is 7.11. The molecule has 0 bridgehead atoms. The zero-order chi connectivity index (χ0) is 17.8. The van der Waals surface area contributed by atoms with Crippen LogP contribution in [0.2, 0.25) is 15.1 Å². The van der Waals surface area contributed by atoms with Crippen LogP contribution in [0, 0.1) is 0 Å². The van der Waals surface area contributed by atoms with Crippen LogP contribution in [0.3, 0.4) is 0 Å². The van der Waals surface area contributed by atoms with Gasteiger partial charge in [-0.05, 0) is 48.5 Å². The fraction of sp³-hybridized carbons (Fsp3) is 0. The molecule has 2 aromatic carbocycles. The first-order valence-electron chi connectivity index (χ1n) is 7.13. The zero-order valence-electron chi connectivity index (χ0n) is 12.6. The molecule has 25 heavy (non-hydrogen) atoms. The Labute approximate surface area is 159 Å². The Morgan fingerprint density at radius 3 is 2.32 bits per heavy atom. The van der Waals surface area contributed by atoms with Gasteiger partial charge in [-0.3, -0.25) is 4.79 Å². The van der Waals surface area contributed by atoms with E-state index in [4.69, 9.17) is 34.8 Å². The number of benzene rings is 2. The number of nitrogens with one attached hydrogen (secondary N) is 2. The van der Waals surface area contributed by atoms with E-state index in [-0.39, 0.29) is 11.6 Å². The molecule has 0 atom stereocenters. The predicted octanol–water partition coefficient (Wildman–Crippen LogP) is 5.43. The van der Waals surface area contributed by atoms with Gasteiger partial charge in [0, 0.05) is 22.6 Å². The minimum Gasteiger partial charge on any atom is -0.324 e. The smallest absolute Gasteiger partial charge is 0.274 e. The standard InChI is InChI=1S/C17H11Cl3N4O/c18-10-1-3-11(4-2-10)23-17-21-8-7-15(24-17)16(25)22-12-5-6-13(19)14(20)9-12/h1-9H,(H,22,25)(H,21,23,24). The molecule has 0 unspecified atom stereocenters. The van der Waals surface area contributed by atoms with E-state index in [0.29, 0.717) is 26.7 Å². The first kappa shape index (κ1) is 17.5. The second kappa shape index (κ2) is 7.70. The number of rotatable bonds is 4. The fourth-order valence-electron chi connectivity index (χ4n) is 1.98. The van der Waals surface area contributed by atoms with Crippen LogP contribution in [0.15, 0.2) is 54.7 Å². The second-order valence-corrected chi connectivity index (χ2v) is 6.23. The zero-order valence-corrected chi connectivity index (χ0v) is 14.9. The Hall–Kier alpha value is -2.34. The highest BCUT2D eigenvalue weighted by atomic mass is 35.5. The molecule has 0 aliphatic carbocycles. The van der Waals surface area contributed by atoms with Crippen molar-refractivity contribution in [2.24, 2.45) is 0 Å². The number of aromatic nitrogens is 2. The number of amides is 1. The van der Waals surface area contributed by atoms with Crippen LogP contribution >= 0.6 is 34.8 Å². The van der Waals surface area contributed by atoms with E-state index in [1.807, 2.05) is 0 Å². The summed E-state index contributed by atoms with van der Waals surface area (Å²) < 4.78 is 0. The number of anilines is 3. The number of hydrogen-bond acceptors (Lipinski definition) is 4. The summed E-state index contributed by atoms with van der Waals surface area (Å²) in [7, 11) is 0. The van der Waals surface area contributed by atoms with Crippen LogP contribution in [0.25, 0.3) is 0 Å². The van der Waals surface area contributed by atoms with Crippen molar-refractivity contribution in [1.82, 2.24) is 9.97 Å². The number of halogens is 3. The Morgan fingerprint density at radius 2 is 1.60 bits per heavy atom. The minimum absolute atomic E-state index is 0.206. The number of carbonyl (C=O) groups is 1. The van der Waals surface area contributed by atoms with Gasteiger partial charge in [-0.1, -0.05) is 34.8 Å². The molecule has 0 aliphatic heterocycles. The summed E-state index contributed by atoms with van der Waals surface area (Å²) in [6, 6.07) is 13.4. The molecule has 2 N–H and O–H groups in total. The predicted molar refractivity (Wildman–Crippen MR) is 101 cm³/mol. The van der Waals surface area contributed by atoms with Gasteiger partial charge in [-0.15, -0.1) is 0 Å². The van der Waals surface area contributed by atoms with Crippen molar-refractivity contribution in [3.05, 3.63) is 75.5 Å². The third-order valence-electron chi connectivity index (χ3n) is 3.17. The number of hydrogen-bond donors (Lipinski definition) is 2. The molecule has 1 aromatic heterocycles. The van der Waals surface area contributed by atoms with Crippen LogP contribution in [-0.4, -0.2) is 15.9 Å². The molecule has 0 aliphatic rings. The highest BCUT2D eigenvalue weighted by molar-refractivity contribution is 6.42. The second-order valence-electron chi connectivity index (χ2n) is 4.98. The Kier molecular flexibility index (Phi) is 5.38. The molecule has 3 aromatic rings. The molecule has 8 heteroatoms. The monoisotopic (exact) mass is 392 g/mol. The van der Waals surface area contributed by atoms with Crippen LogP contribution in [0.5, 0.6) is 0 Å². The van der Waals surface area contributed by atoms with Crippen LogP contribution in [0.4, 0.5) is 17.3 Å². The van der Waals surface area contributed by atoms with E-state index < -0.39 is 0 Å². The topological polar surface area (TPSA) is 66.9 Å². The lowest BCUT2D eigenvalue weighted by Gasteiger charge is -2.08. The van der Waals surface area contributed by atoms with Gasteiger partial charge in [0.1, 0.15) is 5.69 Å². The maximum atomic E-state index is 12.3. The highest BCUT2D eigenvalue weighted by Gasteiger charge is 2.10. The fourth-order valence-corrected chi connectivity index (χ4v) is 2.40. The van der Waals surface area contributed by atoms with E-state index >= 15 is 0 Å². The van der Waals surface area contributed by atoms with E-state index in [1.54, 1.807) is 42.5 Å². The molecule has 0 spiro atoms. The Bertz CT molecular complexity index is 916. The molecule has 0 saturated heterocycles. The van der Waals surface area contributed by atoms with Crippen molar-refractivity contribution in [3.8, 4) is 0 Å². The van der Waals surface area contributed by atoms with E-state index in [2.05, 4.69) is 20.6 Å². The summed E-state index contributed by atoms with van der Waals surface area (Å²) in [5.41, 5.74) is 1.48. The maximum absolute atomic E-state index is 12.3. The van der Waals surface area contributed by atoms with E-state index in [1.165, 1.54) is 12.3 Å². The molecule has 5 nitrogen and oxygen atoms in total. The lowest BCUT2D eigenvalue weighted by atomic mass is 10.3. The number of carbonyl (C=O) groups excluding carboxylic acids is 1. The molecule has 1 heterocycles. The van der Waals surface area contributed by atoms with Crippen molar-refractivity contribution in [2.75, 3.05) is 10.6 Å². The molecule has 126 valence electrons. The SMILES string of the molecule is O=C(Nc1ccc(Cl)c(Cl)c1)c1ccnc(Nc2ccc(Cl)cc2)n1. The molecular formula is C17H11Cl3N4O. The van der Waals surface area contributed by atoms with Gasteiger partial charge in [-0.25, -0.2) is 9.97 Å². The van der Waals surface area contributed by atoms with Gasteiger partial charge in [0.15, 0.2) is 0 Å². The first-order valence-corrected chi connectivity index (χ1v) is 8.27. The molecular weight excluding hydrogens is 383 g/mol. The van der Waals surface area contributed by atoms with Crippen molar-refractivity contribution in [3.63, 3.8) is 0 Å². The van der Waals surface area contributed by atoms with Gasteiger partial charge in [0.05, 0.1) is 10.0 Å². The van der Waals surface area contributed by atoms with Gasteiger partial charge in [0.2, 0.25) is 5.95 Å². The van der Waals surface area contributed by atoms with Crippen LogP contribution in [0.1, 0.15) is 10.5 Å². The lowest BCUT2D eigenvalue weighted by Crippen LogP contribution is -2.14. The quantitative estimate of drug-likeness (QED) is 0.620. The van der Waals surface area contributed by atoms with E-state index in [9.17, 15) is 4.79 Å². The van der Waals surface area contributed by atoms with Crippen molar-refractivity contribution >= 4 is 58.0 Å². The normalized spacial score (nSPS) is 10.4. The Morgan fingerprint density at radius 1 is 0.880 bits per heavy atom. The lowest BCUT2D eigenvalue weighted by molar-refractivity contribution is 0.102. The number of nitrogens with zero attached hydrogens (tertiary/aromatic N) is 2. The molecule has 1 amide bonds. The minimum atomic E-state index is -0.389. The third kappa shape index (κ3) is 4.60. The van der Waals surface area contributed by atoms with Crippen LogP contribution < -0.4 is 10.6 Å². The summed E-state index contributed by atoms with van der Waals surface area (Å²) in [4.78, 5) is 20.6. The summed E-state index contributed by atoms with van der Waals surface area (Å²) >= 11 is 17.7. The van der Waals surface area contributed by atoms with Crippen molar-refractivity contribution in [1.29, 1.82) is 0 Å². The molecule has 3 rings (SSSR count). The average Bonchev–Trinajstić information content (AvgIpc) is 2.60. The van der Waals surface area contributed by atoms with Crippen LogP contribution in [-0.2, 0) is 0 Å². The molecule has 0 radical (unpaired) electrons. The van der Waals surface area contributed by atoms with Gasteiger partial charge >= 0.3 is 0 Å². The van der Waals surface area contributed by atoms with Gasteiger partial charge < -0.3 is 10.6 Å². The maximum Gasteiger partial charge on any atom is 0.274 e.